The number of nitrogens with one attached hydrogen (secondary N) is 1. The smallest absolute Gasteiger partial charge is 0.339 e. The van der Waals surface area contributed by atoms with E-state index in [2.05, 4.69) is 10.2 Å². The van der Waals surface area contributed by atoms with Crippen LogP contribution in [-0.4, -0.2) is 22.8 Å². The van der Waals surface area contributed by atoms with Crippen molar-refractivity contribution >= 4 is 28.5 Å². The zero-order valence-electron chi connectivity index (χ0n) is 12.1. The number of fused-ring (bicyclic) bond motifs is 1. The first kappa shape index (κ1) is 14.6. The maximum absolute atomic E-state index is 12.3. The zero-order valence-corrected chi connectivity index (χ0v) is 12.9. The van der Waals surface area contributed by atoms with Gasteiger partial charge in [-0.1, -0.05) is 29.8 Å². The molecule has 1 N–H and O–H groups in total. The molecule has 0 radical (unpaired) electrons. The number of nitrogens with zero attached hydrogens (tertiary/aromatic N) is 1. The molecule has 22 heavy (non-hydrogen) atoms. The van der Waals surface area contributed by atoms with Crippen molar-refractivity contribution in [3.8, 4) is 0 Å². The van der Waals surface area contributed by atoms with E-state index in [1.54, 1.807) is 6.20 Å². The minimum Gasteiger partial charge on any atom is -0.462 e. The van der Waals surface area contributed by atoms with Gasteiger partial charge in [-0.05, 0) is 36.2 Å². The molecule has 0 atom stereocenters. The third-order valence-electron chi connectivity index (χ3n) is 3.55. The summed E-state index contributed by atoms with van der Waals surface area (Å²) < 4.78 is 5.41. The van der Waals surface area contributed by atoms with Crippen molar-refractivity contribution in [3.63, 3.8) is 0 Å². The Morgan fingerprint density at radius 2 is 2.18 bits per heavy atom. The number of halogens is 1. The van der Waals surface area contributed by atoms with Gasteiger partial charge in [-0.3, -0.25) is 5.10 Å². The summed E-state index contributed by atoms with van der Waals surface area (Å²) in [7, 11) is 0. The molecule has 4 nitrogen and oxygen atoms in total. The van der Waals surface area contributed by atoms with Gasteiger partial charge in [-0.15, -0.1) is 0 Å². The summed E-state index contributed by atoms with van der Waals surface area (Å²) in [6.45, 7) is 2.20. The molecular formula is C17H15ClN2O2. The van der Waals surface area contributed by atoms with Gasteiger partial charge in [-0.25, -0.2) is 4.79 Å². The molecule has 0 aliphatic rings. The second-order valence-electron chi connectivity index (χ2n) is 5.10. The van der Waals surface area contributed by atoms with Gasteiger partial charge in [0.2, 0.25) is 0 Å². The molecule has 3 rings (SSSR count). The number of hydrogen-bond acceptors (Lipinski definition) is 3. The predicted molar refractivity (Wildman–Crippen MR) is 86.3 cm³/mol. The van der Waals surface area contributed by atoms with Crippen molar-refractivity contribution < 1.29 is 9.53 Å². The summed E-state index contributed by atoms with van der Waals surface area (Å²) >= 11 is 5.94. The monoisotopic (exact) mass is 314 g/mol. The van der Waals surface area contributed by atoms with Gasteiger partial charge in [0.1, 0.15) is 0 Å². The van der Waals surface area contributed by atoms with Crippen LogP contribution in [0.2, 0.25) is 5.02 Å². The normalized spacial score (nSPS) is 10.8. The molecule has 0 spiro atoms. The molecule has 0 amide bonds. The molecule has 112 valence electrons. The summed E-state index contributed by atoms with van der Waals surface area (Å²) in [4.78, 5) is 12.3. The van der Waals surface area contributed by atoms with E-state index in [9.17, 15) is 4.79 Å². The fourth-order valence-electron chi connectivity index (χ4n) is 2.42. The maximum Gasteiger partial charge on any atom is 0.339 e. The highest BCUT2D eigenvalue weighted by Gasteiger charge is 2.15. The van der Waals surface area contributed by atoms with Crippen molar-refractivity contribution in [1.82, 2.24) is 10.2 Å². The maximum atomic E-state index is 12.3. The Kier molecular flexibility index (Phi) is 4.11. The average Bonchev–Trinajstić information content (AvgIpc) is 2.95. The van der Waals surface area contributed by atoms with Crippen LogP contribution < -0.4 is 0 Å². The number of aromatic amines is 1. The number of benzene rings is 2. The van der Waals surface area contributed by atoms with Crippen LogP contribution in [0.15, 0.2) is 42.6 Å². The average molecular weight is 315 g/mol. The lowest BCUT2D eigenvalue weighted by Gasteiger charge is -2.08. The lowest BCUT2D eigenvalue weighted by Crippen LogP contribution is -2.10. The van der Waals surface area contributed by atoms with Gasteiger partial charge in [-0.2, -0.15) is 5.10 Å². The van der Waals surface area contributed by atoms with Crippen LogP contribution in [-0.2, 0) is 11.2 Å². The van der Waals surface area contributed by atoms with Crippen molar-refractivity contribution in [2.45, 2.75) is 13.3 Å². The van der Waals surface area contributed by atoms with Gasteiger partial charge < -0.3 is 4.74 Å². The van der Waals surface area contributed by atoms with E-state index in [0.29, 0.717) is 23.6 Å². The van der Waals surface area contributed by atoms with Crippen molar-refractivity contribution in [2.75, 3.05) is 6.61 Å². The fourth-order valence-corrected chi connectivity index (χ4v) is 2.64. The molecule has 5 heteroatoms. The lowest BCUT2D eigenvalue weighted by molar-refractivity contribution is 0.0511. The van der Waals surface area contributed by atoms with E-state index in [1.807, 2.05) is 43.3 Å². The quantitative estimate of drug-likeness (QED) is 0.742. The first-order valence-electron chi connectivity index (χ1n) is 6.99. The molecule has 0 aliphatic heterocycles. The van der Waals surface area contributed by atoms with E-state index >= 15 is 0 Å². The number of ether oxygens (including phenoxy) is 1. The van der Waals surface area contributed by atoms with Crippen molar-refractivity contribution in [3.05, 3.63) is 64.3 Å². The molecule has 0 fully saturated rings. The molecule has 0 aliphatic carbocycles. The Balaban J connectivity index is 1.71. The van der Waals surface area contributed by atoms with Gasteiger partial charge in [0, 0.05) is 16.8 Å². The van der Waals surface area contributed by atoms with Crippen LogP contribution >= 0.6 is 11.6 Å². The summed E-state index contributed by atoms with van der Waals surface area (Å²) in [6, 6.07) is 11.3. The van der Waals surface area contributed by atoms with Gasteiger partial charge in [0.05, 0.1) is 23.9 Å². The van der Waals surface area contributed by atoms with Crippen molar-refractivity contribution in [1.29, 1.82) is 0 Å². The van der Waals surface area contributed by atoms with Gasteiger partial charge in [0.15, 0.2) is 0 Å². The Morgan fingerprint density at radius 3 is 3.00 bits per heavy atom. The molecule has 3 aromatic rings. The Bertz CT molecular complexity index is 826. The molecule has 1 heterocycles. The minimum atomic E-state index is -0.327. The number of carbonyl (C=O) groups excluding carboxylic acids is 1. The first-order valence-corrected chi connectivity index (χ1v) is 7.37. The second kappa shape index (κ2) is 6.20. The Hall–Kier alpha value is -2.33. The molecule has 0 saturated carbocycles. The lowest BCUT2D eigenvalue weighted by atomic mass is 10.0. The number of aromatic nitrogens is 2. The standard InChI is InChI=1S/C17H15ClN2O2/c1-11-5-6-15-14(10-19-20-15)16(11)17(21)22-8-7-12-3-2-4-13(18)9-12/h2-6,9-10H,7-8H2,1H3,(H,19,20). The van der Waals surface area contributed by atoms with Crippen LogP contribution in [0.1, 0.15) is 21.5 Å². The summed E-state index contributed by atoms with van der Waals surface area (Å²) in [5, 5.41) is 8.30. The van der Waals surface area contributed by atoms with E-state index in [0.717, 1.165) is 22.0 Å². The number of hydrogen-bond donors (Lipinski definition) is 1. The fraction of sp³-hybridized carbons (Fsp3) is 0.176. The number of H-pyrrole nitrogens is 1. The minimum absolute atomic E-state index is 0.312. The number of aryl methyl sites for hydroxylation is 1. The highest BCUT2D eigenvalue weighted by atomic mass is 35.5. The predicted octanol–water partition coefficient (Wildman–Crippen LogP) is 3.92. The SMILES string of the molecule is Cc1ccc2[nH]ncc2c1C(=O)OCCc1cccc(Cl)c1. The number of esters is 1. The molecular weight excluding hydrogens is 300 g/mol. The zero-order chi connectivity index (χ0) is 15.5. The topological polar surface area (TPSA) is 55.0 Å². The first-order chi connectivity index (χ1) is 10.6. The van der Waals surface area contributed by atoms with Crippen LogP contribution in [0, 0.1) is 6.92 Å². The van der Waals surface area contributed by atoms with Crippen LogP contribution in [0.3, 0.4) is 0 Å². The summed E-state index contributed by atoms with van der Waals surface area (Å²) in [5.41, 5.74) is 3.31. The van der Waals surface area contributed by atoms with E-state index in [1.165, 1.54) is 0 Å². The van der Waals surface area contributed by atoms with Gasteiger partial charge >= 0.3 is 5.97 Å². The molecule has 1 aromatic heterocycles. The third kappa shape index (κ3) is 2.97. The molecule has 0 unspecified atom stereocenters. The van der Waals surface area contributed by atoms with Gasteiger partial charge in [0.25, 0.3) is 0 Å². The van der Waals surface area contributed by atoms with Crippen LogP contribution in [0.25, 0.3) is 10.9 Å². The molecule has 2 aromatic carbocycles. The largest absolute Gasteiger partial charge is 0.462 e. The third-order valence-corrected chi connectivity index (χ3v) is 3.78. The number of carbonyl (C=O) groups is 1. The van der Waals surface area contributed by atoms with Crippen LogP contribution in [0.4, 0.5) is 0 Å². The highest BCUT2D eigenvalue weighted by molar-refractivity contribution is 6.30. The van der Waals surface area contributed by atoms with E-state index < -0.39 is 0 Å². The van der Waals surface area contributed by atoms with E-state index in [-0.39, 0.29) is 5.97 Å². The van der Waals surface area contributed by atoms with Crippen LogP contribution in [0.5, 0.6) is 0 Å². The highest BCUT2D eigenvalue weighted by Crippen LogP contribution is 2.21. The van der Waals surface area contributed by atoms with Crippen molar-refractivity contribution in [2.24, 2.45) is 0 Å². The second-order valence-corrected chi connectivity index (χ2v) is 5.54. The van der Waals surface area contributed by atoms with E-state index in [4.69, 9.17) is 16.3 Å². The number of rotatable bonds is 4. The molecule has 0 bridgehead atoms. The summed E-state index contributed by atoms with van der Waals surface area (Å²) in [5.74, 6) is -0.327. The Morgan fingerprint density at radius 1 is 1.32 bits per heavy atom. The summed E-state index contributed by atoms with van der Waals surface area (Å²) in [6.07, 6.45) is 2.28. The Labute approximate surface area is 133 Å². The molecule has 0 saturated heterocycles.